The van der Waals surface area contributed by atoms with Crippen molar-refractivity contribution in [3.05, 3.63) is 71.2 Å². The summed E-state index contributed by atoms with van der Waals surface area (Å²) in [5, 5.41) is 3.19. The van der Waals surface area contributed by atoms with E-state index in [1.54, 1.807) is 24.3 Å². The van der Waals surface area contributed by atoms with E-state index in [1.807, 2.05) is 0 Å². The van der Waals surface area contributed by atoms with Crippen LogP contribution in [0, 0.1) is 0 Å². The molecule has 0 aromatic heterocycles. The van der Waals surface area contributed by atoms with E-state index < -0.39 is 8.60 Å². The maximum atomic E-state index is 12.0. The van der Waals surface area contributed by atoms with Crippen molar-refractivity contribution in [2.24, 2.45) is 0 Å². The van der Waals surface area contributed by atoms with E-state index in [2.05, 4.69) is 11.9 Å². The summed E-state index contributed by atoms with van der Waals surface area (Å²) in [7, 11) is -2.46. The van der Waals surface area contributed by atoms with Gasteiger partial charge in [0.15, 0.2) is 17.3 Å². The van der Waals surface area contributed by atoms with Crippen molar-refractivity contribution in [3.8, 4) is 0 Å². The topological polar surface area (TPSA) is 97.3 Å². The Morgan fingerprint density at radius 2 is 2.08 bits per heavy atom. The number of ketones is 1. The van der Waals surface area contributed by atoms with Gasteiger partial charge >= 0.3 is 8.60 Å². The standard InChI is InChI=1S/C16H16NO6P/c1-2-15-16(22-9-21-15)7-11-6-12(18)8-14(17-11)10-3-4-13(5-10)23-24(19)20/h2,4-5,7-8,17,19-20H,1,3,6,9H2/b11-7+. The molecule has 2 aliphatic heterocycles. The Morgan fingerprint density at radius 1 is 1.29 bits per heavy atom. The fourth-order valence-corrected chi connectivity index (χ4v) is 2.80. The van der Waals surface area contributed by atoms with Crippen molar-refractivity contribution < 1.29 is 28.6 Å². The molecule has 3 N–H and O–H groups in total. The molecular formula is C16H16NO6P. The van der Waals surface area contributed by atoms with Crippen LogP contribution < -0.4 is 5.32 Å². The molecule has 0 bridgehead atoms. The second-order valence-corrected chi connectivity index (χ2v) is 5.85. The zero-order chi connectivity index (χ0) is 17.1. The van der Waals surface area contributed by atoms with Crippen molar-refractivity contribution in [2.75, 3.05) is 6.79 Å². The first kappa shape index (κ1) is 16.5. The van der Waals surface area contributed by atoms with E-state index in [1.165, 1.54) is 6.08 Å². The molecule has 7 nitrogen and oxygen atoms in total. The Morgan fingerprint density at radius 3 is 2.83 bits per heavy atom. The van der Waals surface area contributed by atoms with Crippen molar-refractivity contribution in [3.63, 3.8) is 0 Å². The molecule has 8 heteroatoms. The highest BCUT2D eigenvalue weighted by molar-refractivity contribution is 7.39. The monoisotopic (exact) mass is 349 g/mol. The van der Waals surface area contributed by atoms with Crippen LogP contribution in [0.25, 0.3) is 0 Å². The van der Waals surface area contributed by atoms with Crippen LogP contribution in [0.2, 0.25) is 0 Å². The summed E-state index contributed by atoms with van der Waals surface area (Å²) in [5.41, 5.74) is 2.15. The Kier molecular flexibility index (Phi) is 4.85. The predicted molar refractivity (Wildman–Crippen MR) is 86.4 cm³/mol. The van der Waals surface area contributed by atoms with E-state index in [0.717, 1.165) is 5.57 Å². The van der Waals surface area contributed by atoms with Gasteiger partial charge in [-0.3, -0.25) is 4.79 Å². The molecule has 0 atom stereocenters. The first-order valence-electron chi connectivity index (χ1n) is 7.16. The van der Waals surface area contributed by atoms with Gasteiger partial charge in [0.05, 0.1) is 6.42 Å². The third-order valence-electron chi connectivity index (χ3n) is 3.50. The molecule has 0 radical (unpaired) electrons. The van der Waals surface area contributed by atoms with Gasteiger partial charge in [-0.15, -0.1) is 0 Å². The summed E-state index contributed by atoms with van der Waals surface area (Å²) in [5.74, 6) is 1.38. The summed E-state index contributed by atoms with van der Waals surface area (Å²) in [6.07, 6.45) is 8.93. The lowest BCUT2D eigenvalue weighted by Gasteiger charge is -2.19. The normalized spacial score (nSPS) is 21.9. The fourth-order valence-electron chi connectivity index (χ4n) is 2.49. The third kappa shape index (κ3) is 3.76. The fraction of sp³-hybridized carbons (Fsp3) is 0.188. The molecular weight excluding hydrogens is 333 g/mol. The second-order valence-electron chi connectivity index (χ2n) is 5.16. The summed E-state index contributed by atoms with van der Waals surface area (Å²) in [6.45, 7) is 3.77. The predicted octanol–water partition coefficient (Wildman–Crippen LogP) is 2.16. The number of rotatable bonds is 5. The molecule has 0 aromatic carbocycles. The molecule has 0 aromatic rings. The molecule has 0 fully saturated rings. The minimum absolute atomic E-state index is 0.0449. The molecule has 0 saturated carbocycles. The number of ether oxygens (including phenoxy) is 2. The van der Waals surface area contributed by atoms with Gasteiger partial charge in [-0.05, 0) is 30.2 Å². The summed E-state index contributed by atoms with van der Waals surface area (Å²) >= 11 is 0. The maximum Gasteiger partial charge on any atom is 0.391 e. The van der Waals surface area contributed by atoms with Gasteiger partial charge in [0, 0.05) is 23.5 Å². The Labute approximate surface area is 139 Å². The molecule has 0 unspecified atom stereocenters. The third-order valence-corrected chi connectivity index (χ3v) is 3.87. The van der Waals surface area contributed by atoms with Gasteiger partial charge in [-0.25, -0.2) is 0 Å². The lowest BCUT2D eigenvalue weighted by atomic mass is 10.0. The van der Waals surface area contributed by atoms with Gasteiger partial charge in [0.2, 0.25) is 6.79 Å². The SMILES string of the molecule is C=CC1=C(/C=C2\CC(=O)C=C(C3=CC(OP(O)O)=CC3)N2)OCO1. The average molecular weight is 349 g/mol. The van der Waals surface area contributed by atoms with Gasteiger partial charge in [0.1, 0.15) is 5.76 Å². The van der Waals surface area contributed by atoms with Crippen LogP contribution in [0.4, 0.5) is 0 Å². The van der Waals surface area contributed by atoms with Crippen molar-refractivity contribution in [2.45, 2.75) is 12.8 Å². The molecule has 0 saturated heterocycles. The van der Waals surface area contributed by atoms with Crippen molar-refractivity contribution >= 4 is 14.4 Å². The van der Waals surface area contributed by atoms with Crippen LogP contribution in [0.15, 0.2) is 71.2 Å². The van der Waals surface area contributed by atoms with Crippen molar-refractivity contribution in [1.82, 2.24) is 5.32 Å². The van der Waals surface area contributed by atoms with E-state index in [4.69, 9.17) is 23.8 Å². The lowest BCUT2D eigenvalue weighted by molar-refractivity contribution is -0.114. The largest absolute Gasteiger partial charge is 0.454 e. The number of hydrogen-bond donors (Lipinski definition) is 3. The zero-order valence-corrected chi connectivity index (χ0v) is 13.6. The first-order valence-corrected chi connectivity index (χ1v) is 8.33. The Hall–Kier alpha value is -2.34. The Bertz CT molecular complexity index is 729. The van der Waals surface area contributed by atoms with Crippen LogP contribution in [-0.2, 0) is 18.8 Å². The number of carbonyl (C=O) groups is 1. The maximum absolute atomic E-state index is 12.0. The number of carbonyl (C=O) groups excluding carboxylic acids is 1. The van der Waals surface area contributed by atoms with Crippen LogP contribution >= 0.6 is 8.60 Å². The quantitative estimate of drug-likeness (QED) is 0.655. The van der Waals surface area contributed by atoms with E-state index >= 15 is 0 Å². The average Bonchev–Trinajstić information content (AvgIpc) is 3.15. The summed E-state index contributed by atoms with van der Waals surface area (Å²) in [4.78, 5) is 29.8. The molecule has 24 heavy (non-hydrogen) atoms. The first-order chi connectivity index (χ1) is 11.5. The molecule has 1 aliphatic carbocycles. The van der Waals surface area contributed by atoms with Crippen LogP contribution in [0.1, 0.15) is 12.8 Å². The van der Waals surface area contributed by atoms with Gasteiger partial charge < -0.3 is 29.1 Å². The molecule has 2 heterocycles. The molecule has 0 amide bonds. The molecule has 126 valence electrons. The van der Waals surface area contributed by atoms with Crippen molar-refractivity contribution in [1.29, 1.82) is 0 Å². The van der Waals surface area contributed by atoms with E-state index in [9.17, 15) is 4.79 Å². The van der Waals surface area contributed by atoms with Gasteiger partial charge in [0.25, 0.3) is 0 Å². The minimum atomic E-state index is -2.46. The van der Waals surface area contributed by atoms with Crippen LogP contribution in [-0.4, -0.2) is 22.4 Å². The Balaban J connectivity index is 1.77. The minimum Gasteiger partial charge on any atom is -0.454 e. The van der Waals surface area contributed by atoms with E-state index in [0.29, 0.717) is 35.1 Å². The highest BCUT2D eigenvalue weighted by Gasteiger charge is 2.22. The summed E-state index contributed by atoms with van der Waals surface area (Å²) < 4.78 is 15.5. The van der Waals surface area contributed by atoms with Crippen LogP contribution in [0.5, 0.6) is 0 Å². The molecule has 3 aliphatic rings. The zero-order valence-electron chi connectivity index (χ0n) is 12.7. The molecule has 0 spiro atoms. The van der Waals surface area contributed by atoms with Crippen LogP contribution in [0.3, 0.4) is 0 Å². The smallest absolute Gasteiger partial charge is 0.391 e. The van der Waals surface area contributed by atoms with Gasteiger partial charge in [-0.1, -0.05) is 6.58 Å². The number of allylic oxidation sites excluding steroid dienone is 7. The molecule has 3 rings (SSSR count). The van der Waals surface area contributed by atoms with Gasteiger partial charge in [-0.2, -0.15) is 0 Å². The second kappa shape index (κ2) is 7.05. The lowest BCUT2D eigenvalue weighted by Crippen LogP contribution is -2.23. The number of hydrogen-bond acceptors (Lipinski definition) is 7. The number of nitrogens with one attached hydrogen (secondary N) is 1. The highest BCUT2D eigenvalue weighted by Crippen LogP contribution is 2.34. The van der Waals surface area contributed by atoms with E-state index in [-0.39, 0.29) is 19.0 Å². The highest BCUT2D eigenvalue weighted by atomic mass is 31.2. The summed E-state index contributed by atoms with van der Waals surface area (Å²) in [6, 6.07) is 0.